The molecule has 1 aliphatic carbocycles. The van der Waals surface area contributed by atoms with Crippen LogP contribution in [-0.2, 0) is 0 Å². The van der Waals surface area contributed by atoms with E-state index in [-0.39, 0.29) is 17.7 Å². The van der Waals surface area contributed by atoms with Crippen LogP contribution in [0.1, 0.15) is 36.0 Å². The van der Waals surface area contributed by atoms with Crippen molar-refractivity contribution in [3.63, 3.8) is 0 Å². The number of thiazole rings is 1. The summed E-state index contributed by atoms with van der Waals surface area (Å²) in [6.45, 7) is 0.178. The minimum Gasteiger partial charge on any atom is -0.388 e. The average Bonchev–Trinajstić information content (AvgIpc) is 3.06. The lowest BCUT2D eigenvalue weighted by atomic mass is 10.0. The van der Waals surface area contributed by atoms with E-state index >= 15 is 0 Å². The SMILES string of the molecule is O=C(NCC1(O)CCCC1)c1cnc2sccn2c1=O. The molecule has 3 rings (SSSR count). The van der Waals surface area contributed by atoms with Gasteiger partial charge in [-0.05, 0) is 12.8 Å². The Bertz CT molecular complexity index is 700. The lowest BCUT2D eigenvalue weighted by Crippen LogP contribution is -2.42. The van der Waals surface area contributed by atoms with E-state index in [0.29, 0.717) is 17.8 Å². The molecule has 0 atom stereocenters. The zero-order chi connectivity index (χ0) is 14.2. The van der Waals surface area contributed by atoms with Crippen molar-refractivity contribution < 1.29 is 9.90 Å². The predicted octanol–water partition coefficient (Wildman–Crippen LogP) is 0.791. The fourth-order valence-electron chi connectivity index (χ4n) is 2.53. The smallest absolute Gasteiger partial charge is 0.271 e. The van der Waals surface area contributed by atoms with Gasteiger partial charge >= 0.3 is 0 Å². The van der Waals surface area contributed by atoms with Crippen LogP contribution in [0.4, 0.5) is 0 Å². The van der Waals surface area contributed by atoms with Gasteiger partial charge in [0.1, 0.15) is 5.56 Å². The van der Waals surface area contributed by atoms with E-state index in [4.69, 9.17) is 0 Å². The molecule has 1 fully saturated rings. The number of rotatable bonds is 3. The molecule has 6 nitrogen and oxygen atoms in total. The summed E-state index contributed by atoms with van der Waals surface area (Å²) in [7, 11) is 0. The van der Waals surface area contributed by atoms with Crippen LogP contribution in [0.5, 0.6) is 0 Å². The molecule has 0 saturated heterocycles. The fourth-order valence-corrected chi connectivity index (χ4v) is 3.21. The summed E-state index contributed by atoms with van der Waals surface area (Å²) in [5.41, 5.74) is -1.21. The highest BCUT2D eigenvalue weighted by Gasteiger charge is 2.31. The monoisotopic (exact) mass is 293 g/mol. The third kappa shape index (κ3) is 2.34. The molecule has 2 aromatic rings. The van der Waals surface area contributed by atoms with Gasteiger partial charge in [-0.25, -0.2) is 4.98 Å². The molecule has 0 unspecified atom stereocenters. The maximum atomic E-state index is 12.1. The number of fused-ring (bicyclic) bond motifs is 1. The first-order valence-electron chi connectivity index (χ1n) is 6.55. The summed E-state index contributed by atoms with van der Waals surface area (Å²) in [4.78, 5) is 28.8. The quantitative estimate of drug-likeness (QED) is 0.876. The van der Waals surface area contributed by atoms with Gasteiger partial charge in [0.05, 0.1) is 5.60 Å². The molecular formula is C13H15N3O3S. The molecule has 1 aliphatic rings. The molecule has 1 amide bonds. The van der Waals surface area contributed by atoms with Gasteiger partial charge in [-0.15, -0.1) is 11.3 Å². The van der Waals surface area contributed by atoms with Gasteiger partial charge in [0.15, 0.2) is 4.96 Å². The second-order valence-electron chi connectivity index (χ2n) is 5.15. The van der Waals surface area contributed by atoms with E-state index in [1.807, 2.05) is 0 Å². The van der Waals surface area contributed by atoms with Gasteiger partial charge in [0.25, 0.3) is 11.5 Å². The third-order valence-electron chi connectivity index (χ3n) is 3.70. The normalized spacial score (nSPS) is 17.4. The van der Waals surface area contributed by atoms with Gasteiger partial charge in [-0.3, -0.25) is 14.0 Å². The first kappa shape index (κ1) is 13.3. The Morgan fingerprint density at radius 2 is 2.25 bits per heavy atom. The van der Waals surface area contributed by atoms with Crippen LogP contribution in [0.2, 0.25) is 0 Å². The predicted molar refractivity (Wildman–Crippen MR) is 75.1 cm³/mol. The van der Waals surface area contributed by atoms with Crippen molar-refractivity contribution in [2.24, 2.45) is 0 Å². The van der Waals surface area contributed by atoms with Crippen LogP contribution in [0.25, 0.3) is 4.96 Å². The molecular weight excluding hydrogens is 278 g/mol. The Morgan fingerprint density at radius 1 is 1.50 bits per heavy atom. The van der Waals surface area contributed by atoms with Crippen molar-refractivity contribution in [2.45, 2.75) is 31.3 Å². The fraction of sp³-hybridized carbons (Fsp3) is 0.462. The Hall–Kier alpha value is -1.73. The highest BCUT2D eigenvalue weighted by molar-refractivity contribution is 7.15. The van der Waals surface area contributed by atoms with Crippen molar-refractivity contribution in [3.05, 3.63) is 33.7 Å². The van der Waals surface area contributed by atoms with E-state index in [9.17, 15) is 14.7 Å². The number of nitrogens with one attached hydrogen (secondary N) is 1. The largest absolute Gasteiger partial charge is 0.388 e. The van der Waals surface area contributed by atoms with Gasteiger partial charge < -0.3 is 10.4 Å². The Balaban J connectivity index is 1.78. The van der Waals surface area contributed by atoms with E-state index in [1.165, 1.54) is 21.9 Å². The molecule has 0 aliphatic heterocycles. The number of aliphatic hydroxyl groups is 1. The Labute approximate surface area is 119 Å². The molecule has 106 valence electrons. The van der Waals surface area contributed by atoms with Crippen LogP contribution < -0.4 is 10.9 Å². The van der Waals surface area contributed by atoms with E-state index in [0.717, 1.165) is 12.8 Å². The second kappa shape index (κ2) is 4.99. The molecule has 0 bridgehead atoms. The molecule has 7 heteroatoms. The van der Waals surface area contributed by atoms with Crippen molar-refractivity contribution in [1.82, 2.24) is 14.7 Å². The van der Waals surface area contributed by atoms with Crippen molar-refractivity contribution >= 4 is 22.2 Å². The topological polar surface area (TPSA) is 83.7 Å². The molecule has 1 saturated carbocycles. The van der Waals surface area contributed by atoms with Crippen molar-refractivity contribution in [1.29, 1.82) is 0 Å². The molecule has 2 aromatic heterocycles. The summed E-state index contributed by atoms with van der Waals surface area (Å²) < 4.78 is 1.35. The third-order valence-corrected chi connectivity index (χ3v) is 4.47. The summed E-state index contributed by atoms with van der Waals surface area (Å²) in [6, 6.07) is 0. The lowest BCUT2D eigenvalue weighted by molar-refractivity contribution is 0.0449. The van der Waals surface area contributed by atoms with Gasteiger partial charge in [0.2, 0.25) is 0 Å². The zero-order valence-electron chi connectivity index (χ0n) is 10.8. The van der Waals surface area contributed by atoms with E-state index in [2.05, 4.69) is 10.3 Å². The molecule has 0 spiro atoms. The highest BCUT2D eigenvalue weighted by Crippen LogP contribution is 2.28. The molecule has 2 N–H and O–H groups in total. The van der Waals surface area contributed by atoms with E-state index in [1.54, 1.807) is 11.6 Å². The van der Waals surface area contributed by atoms with Gasteiger partial charge in [-0.2, -0.15) is 0 Å². The van der Waals surface area contributed by atoms with Gasteiger partial charge in [-0.1, -0.05) is 12.8 Å². The molecule has 20 heavy (non-hydrogen) atoms. The average molecular weight is 293 g/mol. The first-order chi connectivity index (χ1) is 9.59. The Kier molecular flexibility index (Phi) is 3.31. The molecule has 2 heterocycles. The number of hydrogen-bond donors (Lipinski definition) is 2. The van der Waals surface area contributed by atoms with Crippen LogP contribution in [0.15, 0.2) is 22.6 Å². The van der Waals surface area contributed by atoms with Crippen LogP contribution >= 0.6 is 11.3 Å². The van der Waals surface area contributed by atoms with Crippen LogP contribution in [0, 0.1) is 0 Å². The van der Waals surface area contributed by atoms with Crippen LogP contribution in [-0.4, -0.2) is 32.5 Å². The summed E-state index contributed by atoms with van der Waals surface area (Å²) >= 11 is 1.34. The maximum absolute atomic E-state index is 12.1. The Morgan fingerprint density at radius 3 is 3.00 bits per heavy atom. The minimum atomic E-state index is -0.828. The number of carbonyl (C=O) groups excluding carboxylic acids is 1. The van der Waals surface area contributed by atoms with Crippen molar-refractivity contribution in [2.75, 3.05) is 6.54 Å². The maximum Gasteiger partial charge on any atom is 0.271 e. The summed E-state index contributed by atoms with van der Waals surface area (Å²) in [5, 5.41) is 14.6. The lowest BCUT2D eigenvalue weighted by Gasteiger charge is -2.22. The first-order valence-corrected chi connectivity index (χ1v) is 7.42. The molecule has 0 radical (unpaired) electrons. The van der Waals surface area contributed by atoms with Crippen molar-refractivity contribution in [3.8, 4) is 0 Å². The highest BCUT2D eigenvalue weighted by atomic mass is 32.1. The van der Waals surface area contributed by atoms with Gasteiger partial charge in [0, 0.05) is 24.3 Å². The van der Waals surface area contributed by atoms with E-state index < -0.39 is 11.5 Å². The summed E-state index contributed by atoms with van der Waals surface area (Å²) in [5.74, 6) is -0.483. The second-order valence-corrected chi connectivity index (χ2v) is 6.02. The number of hydrogen-bond acceptors (Lipinski definition) is 5. The summed E-state index contributed by atoms with van der Waals surface area (Å²) in [6.07, 6.45) is 6.20. The number of nitrogens with zero attached hydrogens (tertiary/aromatic N) is 2. The molecule has 0 aromatic carbocycles. The minimum absolute atomic E-state index is 0.00231. The zero-order valence-corrected chi connectivity index (χ0v) is 11.7. The number of aromatic nitrogens is 2. The number of amides is 1. The number of carbonyl (C=O) groups is 1. The van der Waals surface area contributed by atoms with Crippen LogP contribution in [0.3, 0.4) is 0 Å². The standard InChI is InChI=1S/C13H15N3O3S/c17-10(15-8-13(19)3-1-2-4-13)9-7-14-12-16(11(9)18)5-6-20-12/h5-7,19H,1-4,8H2,(H,15,17).